The normalized spacial score (nSPS) is 13.4. The molecule has 0 spiro atoms. The summed E-state index contributed by atoms with van der Waals surface area (Å²) in [5.41, 5.74) is 0. The first-order valence-corrected chi connectivity index (χ1v) is 22.3. The number of hydrogen-bond acceptors (Lipinski definition) is 8. The Morgan fingerprint density at radius 1 is 0.536 bits per heavy atom. The Hall–Kier alpha value is -2.75. The standard InChI is InChI=1S/C47H83NO8/c1-6-8-10-12-14-16-18-20-22-24-26-28-30-32-34-36-38-45(50)56-43(42-55-47(46(51)52)53-40-39-48(3,4)5)41-54-44(49)37-35-33-31-29-27-25-23-21-19-17-15-13-11-9-7-2/h15-18,21-24,43,47H,6-14,19-20,25-42H2,1-5H3/b17-15-,18-16-,23-21-,24-22-. The van der Waals surface area contributed by atoms with Crippen LogP contribution in [0.5, 0.6) is 0 Å². The second kappa shape index (κ2) is 39.1. The summed E-state index contributed by atoms with van der Waals surface area (Å²) in [6.45, 7) is 4.65. The van der Waals surface area contributed by atoms with E-state index in [1.165, 1.54) is 57.8 Å². The van der Waals surface area contributed by atoms with Gasteiger partial charge in [0.25, 0.3) is 0 Å². The number of aliphatic carboxylic acids is 1. The van der Waals surface area contributed by atoms with Crippen molar-refractivity contribution >= 4 is 17.9 Å². The first kappa shape index (κ1) is 53.2. The van der Waals surface area contributed by atoms with Crippen molar-refractivity contribution in [3.63, 3.8) is 0 Å². The summed E-state index contributed by atoms with van der Waals surface area (Å²) in [7, 11) is 5.89. The predicted octanol–water partition coefficient (Wildman–Crippen LogP) is 10.3. The third-order valence-corrected chi connectivity index (χ3v) is 9.30. The molecule has 56 heavy (non-hydrogen) atoms. The fourth-order valence-electron chi connectivity index (χ4n) is 5.77. The van der Waals surface area contributed by atoms with Gasteiger partial charge >= 0.3 is 11.9 Å². The van der Waals surface area contributed by atoms with Crippen LogP contribution in [0.4, 0.5) is 0 Å². The fraction of sp³-hybridized carbons (Fsp3) is 0.766. The molecule has 0 bridgehead atoms. The van der Waals surface area contributed by atoms with Crippen molar-refractivity contribution in [1.82, 2.24) is 0 Å². The summed E-state index contributed by atoms with van der Waals surface area (Å²) in [4.78, 5) is 36.9. The van der Waals surface area contributed by atoms with Crippen molar-refractivity contribution in [2.75, 3.05) is 47.5 Å². The van der Waals surface area contributed by atoms with E-state index in [2.05, 4.69) is 62.5 Å². The minimum atomic E-state index is -1.63. The first-order valence-electron chi connectivity index (χ1n) is 22.3. The predicted molar refractivity (Wildman–Crippen MR) is 228 cm³/mol. The van der Waals surface area contributed by atoms with E-state index >= 15 is 0 Å². The highest BCUT2D eigenvalue weighted by atomic mass is 16.7. The molecule has 0 saturated heterocycles. The van der Waals surface area contributed by atoms with Crippen molar-refractivity contribution in [2.24, 2.45) is 0 Å². The smallest absolute Gasteiger partial charge is 0.306 e. The van der Waals surface area contributed by atoms with Gasteiger partial charge in [0.15, 0.2) is 12.4 Å². The van der Waals surface area contributed by atoms with Crippen molar-refractivity contribution in [2.45, 2.75) is 187 Å². The van der Waals surface area contributed by atoms with Gasteiger partial charge in [0.1, 0.15) is 13.2 Å². The van der Waals surface area contributed by atoms with Gasteiger partial charge in [-0.1, -0.05) is 133 Å². The minimum Gasteiger partial charge on any atom is -0.545 e. The highest BCUT2D eigenvalue weighted by molar-refractivity contribution is 5.70. The average molecular weight is 790 g/mol. The zero-order valence-electron chi connectivity index (χ0n) is 36.5. The molecule has 0 aromatic heterocycles. The number of carbonyl (C=O) groups is 3. The molecule has 0 rings (SSSR count). The number of ether oxygens (including phenoxy) is 4. The second-order valence-electron chi connectivity index (χ2n) is 16.0. The molecule has 0 aromatic carbocycles. The summed E-state index contributed by atoms with van der Waals surface area (Å²) < 4.78 is 22.5. The molecule has 9 nitrogen and oxygen atoms in total. The zero-order valence-corrected chi connectivity index (χ0v) is 36.5. The number of carboxylic acids is 1. The SMILES string of the molecule is CCCCC/C=C\C/C=C\CCCCCCCC(=O)OCC(COC(OCC[N+](C)(C)C)C(=O)[O-])OC(=O)CCCCCCC/C=C\C/C=C\CCCCCC. The number of hydrogen-bond donors (Lipinski definition) is 0. The Morgan fingerprint density at radius 2 is 0.964 bits per heavy atom. The number of carbonyl (C=O) groups excluding carboxylic acids is 3. The van der Waals surface area contributed by atoms with E-state index in [-0.39, 0.29) is 38.6 Å². The molecular formula is C47H83NO8. The monoisotopic (exact) mass is 790 g/mol. The van der Waals surface area contributed by atoms with Crippen LogP contribution in [-0.4, -0.2) is 82.3 Å². The second-order valence-corrected chi connectivity index (χ2v) is 16.0. The quantitative estimate of drug-likeness (QED) is 0.0198. The van der Waals surface area contributed by atoms with E-state index in [4.69, 9.17) is 18.9 Å². The summed E-state index contributed by atoms with van der Waals surface area (Å²) in [6.07, 6.45) is 41.3. The third kappa shape index (κ3) is 39.5. The van der Waals surface area contributed by atoms with Crippen LogP contribution < -0.4 is 5.11 Å². The van der Waals surface area contributed by atoms with E-state index in [1.807, 2.05) is 21.1 Å². The Labute approximate surface area is 342 Å². The Bertz CT molecular complexity index is 1060. The van der Waals surface area contributed by atoms with Crippen LogP contribution >= 0.6 is 0 Å². The van der Waals surface area contributed by atoms with Crippen molar-refractivity contribution in [3.8, 4) is 0 Å². The van der Waals surface area contributed by atoms with Crippen LogP contribution in [0.1, 0.15) is 174 Å². The van der Waals surface area contributed by atoms with Crippen molar-refractivity contribution in [1.29, 1.82) is 0 Å². The maximum Gasteiger partial charge on any atom is 0.306 e. The van der Waals surface area contributed by atoms with Gasteiger partial charge in [0.05, 0.1) is 40.3 Å². The number of esters is 2. The molecule has 0 saturated carbocycles. The van der Waals surface area contributed by atoms with E-state index in [1.54, 1.807) is 0 Å². The highest BCUT2D eigenvalue weighted by Gasteiger charge is 2.21. The lowest BCUT2D eigenvalue weighted by molar-refractivity contribution is -0.870. The molecule has 0 amide bonds. The number of quaternary nitrogens is 1. The number of unbranched alkanes of at least 4 members (excludes halogenated alkanes) is 17. The molecule has 0 aliphatic carbocycles. The van der Waals surface area contributed by atoms with Gasteiger partial charge in [-0.25, -0.2) is 0 Å². The van der Waals surface area contributed by atoms with Crippen molar-refractivity contribution < 1.29 is 42.9 Å². The van der Waals surface area contributed by atoms with Crippen LogP contribution in [0.3, 0.4) is 0 Å². The van der Waals surface area contributed by atoms with Crippen LogP contribution in [0, 0.1) is 0 Å². The van der Waals surface area contributed by atoms with E-state index < -0.39 is 24.3 Å². The number of nitrogens with zero attached hydrogens (tertiary/aromatic N) is 1. The maximum atomic E-state index is 12.7. The van der Waals surface area contributed by atoms with Crippen LogP contribution in [0.15, 0.2) is 48.6 Å². The molecule has 0 aromatic rings. The van der Waals surface area contributed by atoms with Gasteiger partial charge in [0, 0.05) is 12.8 Å². The van der Waals surface area contributed by atoms with Gasteiger partial charge in [-0.15, -0.1) is 0 Å². The summed E-state index contributed by atoms with van der Waals surface area (Å²) in [5.74, 6) is -2.33. The van der Waals surface area contributed by atoms with Gasteiger partial charge in [-0.3, -0.25) is 9.59 Å². The molecule has 0 N–H and O–H groups in total. The number of likely N-dealkylation sites (N-methyl/N-ethyl adjacent to an activating group) is 1. The molecule has 0 radical (unpaired) electrons. The topological polar surface area (TPSA) is 111 Å². The first-order chi connectivity index (χ1) is 27.1. The zero-order chi connectivity index (χ0) is 41.4. The van der Waals surface area contributed by atoms with Crippen LogP contribution in [0.25, 0.3) is 0 Å². The number of carboxylic acid groups (broad SMARTS) is 1. The third-order valence-electron chi connectivity index (χ3n) is 9.30. The average Bonchev–Trinajstić information content (AvgIpc) is 3.15. The van der Waals surface area contributed by atoms with Gasteiger partial charge < -0.3 is 33.3 Å². The molecule has 9 heteroatoms. The van der Waals surface area contributed by atoms with Gasteiger partial charge in [-0.05, 0) is 77.0 Å². The molecule has 2 atom stereocenters. The largest absolute Gasteiger partial charge is 0.545 e. The summed E-state index contributed by atoms with van der Waals surface area (Å²) in [5, 5.41) is 11.7. The van der Waals surface area contributed by atoms with Gasteiger partial charge in [-0.2, -0.15) is 0 Å². The molecule has 0 aliphatic heterocycles. The van der Waals surface area contributed by atoms with Gasteiger partial charge in [0.2, 0.25) is 0 Å². The number of allylic oxidation sites excluding steroid dienone is 8. The Kier molecular flexibility index (Phi) is 37.2. The molecule has 2 unspecified atom stereocenters. The molecule has 0 heterocycles. The lowest BCUT2D eigenvalue weighted by Gasteiger charge is -2.26. The fourth-order valence-corrected chi connectivity index (χ4v) is 5.77. The molecule has 0 aliphatic rings. The Balaban J connectivity index is 4.51. The van der Waals surface area contributed by atoms with E-state index in [0.29, 0.717) is 17.4 Å². The molecule has 324 valence electrons. The van der Waals surface area contributed by atoms with E-state index in [9.17, 15) is 19.5 Å². The van der Waals surface area contributed by atoms with E-state index in [0.717, 1.165) is 83.5 Å². The summed E-state index contributed by atoms with van der Waals surface area (Å²) >= 11 is 0. The maximum absolute atomic E-state index is 12.7. The van der Waals surface area contributed by atoms with Crippen molar-refractivity contribution in [3.05, 3.63) is 48.6 Å². The Morgan fingerprint density at radius 3 is 1.45 bits per heavy atom. The molecular weight excluding hydrogens is 707 g/mol. The van der Waals surface area contributed by atoms with Crippen LogP contribution in [-0.2, 0) is 33.3 Å². The lowest BCUT2D eigenvalue weighted by atomic mass is 10.1. The minimum absolute atomic E-state index is 0.141. The highest BCUT2D eigenvalue weighted by Crippen LogP contribution is 2.12. The van der Waals surface area contributed by atoms with Crippen LogP contribution in [0.2, 0.25) is 0 Å². The number of rotatable bonds is 40. The lowest BCUT2D eigenvalue weighted by Crippen LogP contribution is -2.44. The molecule has 0 fully saturated rings. The summed E-state index contributed by atoms with van der Waals surface area (Å²) in [6, 6.07) is 0.